The number of pyridine rings is 1. The number of carbonyl (C=O) groups excluding carboxylic acids is 2. The Morgan fingerprint density at radius 3 is 2.55 bits per heavy atom. The Labute approximate surface area is 178 Å². The fourth-order valence-corrected chi connectivity index (χ4v) is 3.18. The number of benzene rings is 2. The Hall–Kier alpha value is -4.20. The number of carbonyl (C=O) groups is 2. The third-order valence-corrected chi connectivity index (χ3v) is 4.79. The van der Waals surface area contributed by atoms with E-state index in [1.807, 2.05) is 18.2 Å². The first-order chi connectivity index (χ1) is 15.0. The van der Waals surface area contributed by atoms with Gasteiger partial charge in [-0.25, -0.2) is 9.48 Å². The van der Waals surface area contributed by atoms with E-state index in [1.54, 1.807) is 67.7 Å². The number of nitrogens with one attached hydrogen (secondary N) is 2. The molecule has 0 aliphatic carbocycles. The molecule has 0 aliphatic heterocycles. The maximum Gasteiger partial charge on any atom is 0.350 e. The van der Waals surface area contributed by atoms with Crippen LogP contribution in [0, 0.1) is 0 Å². The van der Waals surface area contributed by atoms with Crippen molar-refractivity contribution in [3.05, 3.63) is 101 Å². The molecule has 1 atom stereocenters. The largest absolute Gasteiger partial charge is 0.350 e. The number of nitrogens with zero attached hydrogens (tertiary/aromatic N) is 3. The minimum atomic E-state index is -0.725. The molecule has 1 unspecified atom stereocenters. The molecule has 0 radical (unpaired) electrons. The second-order valence-electron chi connectivity index (χ2n) is 7.12. The van der Waals surface area contributed by atoms with Crippen LogP contribution in [0.2, 0.25) is 0 Å². The summed E-state index contributed by atoms with van der Waals surface area (Å²) in [6.45, 7) is 1.89. The molecule has 2 aromatic heterocycles. The van der Waals surface area contributed by atoms with Gasteiger partial charge in [-0.05, 0) is 48.9 Å². The van der Waals surface area contributed by atoms with Gasteiger partial charge in [0, 0.05) is 17.4 Å². The number of hydrogen-bond donors (Lipinski definition) is 2. The van der Waals surface area contributed by atoms with Crippen LogP contribution in [0.1, 0.15) is 22.8 Å². The zero-order valence-electron chi connectivity index (χ0n) is 16.9. The van der Waals surface area contributed by atoms with E-state index in [0.717, 1.165) is 5.56 Å². The highest BCUT2D eigenvalue weighted by atomic mass is 16.2. The van der Waals surface area contributed by atoms with Crippen LogP contribution in [0.3, 0.4) is 0 Å². The first-order valence-electron chi connectivity index (χ1n) is 9.81. The monoisotopic (exact) mass is 415 g/mol. The molecule has 0 bridgehead atoms. The molecule has 2 amide bonds. The van der Waals surface area contributed by atoms with Gasteiger partial charge in [0.25, 0.3) is 5.91 Å². The Kier molecular flexibility index (Phi) is 5.61. The molecule has 8 heteroatoms. The number of fused-ring (bicyclic) bond motifs is 1. The van der Waals surface area contributed by atoms with Crippen LogP contribution >= 0.6 is 0 Å². The molecule has 2 aromatic carbocycles. The lowest BCUT2D eigenvalue weighted by atomic mass is 10.2. The summed E-state index contributed by atoms with van der Waals surface area (Å²) in [7, 11) is 0. The normalized spacial score (nSPS) is 11.8. The van der Waals surface area contributed by atoms with E-state index in [-0.39, 0.29) is 24.0 Å². The van der Waals surface area contributed by atoms with Gasteiger partial charge in [0.15, 0.2) is 5.65 Å². The summed E-state index contributed by atoms with van der Waals surface area (Å²) in [4.78, 5) is 37.2. The highest BCUT2D eigenvalue weighted by Gasteiger charge is 2.17. The lowest BCUT2D eigenvalue weighted by molar-refractivity contribution is -0.117. The van der Waals surface area contributed by atoms with E-state index in [0.29, 0.717) is 16.9 Å². The molecule has 8 nitrogen and oxygen atoms in total. The van der Waals surface area contributed by atoms with Crippen LogP contribution in [-0.4, -0.2) is 32.0 Å². The van der Waals surface area contributed by atoms with Gasteiger partial charge in [-0.1, -0.05) is 36.4 Å². The van der Waals surface area contributed by atoms with Crippen LogP contribution in [0.5, 0.6) is 0 Å². The quantitative estimate of drug-likeness (QED) is 0.505. The van der Waals surface area contributed by atoms with E-state index < -0.39 is 6.04 Å². The summed E-state index contributed by atoms with van der Waals surface area (Å²) >= 11 is 0. The molecule has 4 rings (SSSR count). The first-order valence-corrected chi connectivity index (χ1v) is 9.81. The standard InChI is InChI=1S/C23H21N5O3/c1-16(24-22(30)18-9-3-2-4-10-18)21(29)25-19-11-7-8-17(14-19)15-28-23(31)27-13-6-5-12-20(27)26-28/h2-14,16H,15H2,1H3,(H,24,30)(H,25,29). The van der Waals surface area contributed by atoms with E-state index in [1.165, 1.54) is 9.08 Å². The molecule has 0 aliphatic rings. The third kappa shape index (κ3) is 4.53. The van der Waals surface area contributed by atoms with Gasteiger partial charge < -0.3 is 10.6 Å². The zero-order chi connectivity index (χ0) is 21.8. The van der Waals surface area contributed by atoms with Crippen LogP contribution in [0.4, 0.5) is 5.69 Å². The van der Waals surface area contributed by atoms with Gasteiger partial charge in [-0.2, -0.15) is 0 Å². The predicted octanol–water partition coefficient (Wildman–Crippen LogP) is 2.30. The molecule has 0 saturated heterocycles. The molecular formula is C23H21N5O3. The van der Waals surface area contributed by atoms with Crippen LogP contribution in [0.15, 0.2) is 83.8 Å². The van der Waals surface area contributed by atoms with Crippen molar-refractivity contribution in [2.24, 2.45) is 0 Å². The van der Waals surface area contributed by atoms with Crippen molar-refractivity contribution in [1.29, 1.82) is 0 Å². The van der Waals surface area contributed by atoms with Crippen molar-refractivity contribution >= 4 is 23.1 Å². The van der Waals surface area contributed by atoms with Gasteiger partial charge in [-0.3, -0.25) is 14.0 Å². The minimum absolute atomic E-state index is 0.234. The summed E-state index contributed by atoms with van der Waals surface area (Å²) in [5.74, 6) is -0.658. The van der Waals surface area contributed by atoms with Gasteiger partial charge in [0.05, 0.1) is 6.54 Å². The molecule has 2 heterocycles. The summed E-state index contributed by atoms with van der Waals surface area (Å²) in [5.41, 5.74) is 2.20. The third-order valence-electron chi connectivity index (χ3n) is 4.79. The Balaban J connectivity index is 1.43. The number of amides is 2. The Morgan fingerprint density at radius 1 is 1.00 bits per heavy atom. The van der Waals surface area contributed by atoms with Crippen molar-refractivity contribution in [2.45, 2.75) is 19.5 Å². The molecule has 31 heavy (non-hydrogen) atoms. The van der Waals surface area contributed by atoms with Gasteiger partial charge in [0.2, 0.25) is 5.91 Å². The lowest BCUT2D eigenvalue weighted by Crippen LogP contribution is -2.41. The molecular weight excluding hydrogens is 394 g/mol. The highest BCUT2D eigenvalue weighted by Crippen LogP contribution is 2.12. The number of anilines is 1. The van der Waals surface area contributed by atoms with E-state index in [2.05, 4.69) is 15.7 Å². The summed E-state index contributed by atoms with van der Waals surface area (Å²) in [5, 5.41) is 9.80. The second-order valence-corrected chi connectivity index (χ2v) is 7.12. The molecule has 0 spiro atoms. The summed E-state index contributed by atoms with van der Waals surface area (Å²) < 4.78 is 2.85. The van der Waals surface area contributed by atoms with Crippen molar-refractivity contribution in [3.8, 4) is 0 Å². The second kappa shape index (κ2) is 8.66. The van der Waals surface area contributed by atoms with E-state index >= 15 is 0 Å². The van der Waals surface area contributed by atoms with Gasteiger partial charge >= 0.3 is 5.69 Å². The van der Waals surface area contributed by atoms with E-state index in [4.69, 9.17) is 0 Å². The number of aromatic nitrogens is 3. The summed E-state index contributed by atoms with van der Waals surface area (Å²) in [6.07, 6.45) is 1.67. The highest BCUT2D eigenvalue weighted by molar-refractivity contribution is 6.00. The average molecular weight is 415 g/mol. The molecule has 0 fully saturated rings. The SMILES string of the molecule is CC(NC(=O)c1ccccc1)C(=O)Nc1cccc(Cn2nc3ccccn3c2=O)c1. The smallest absolute Gasteiger partial charge is 0.341 e. The zero-order valence-corrected chi connectivity index (χ0v) is 16.9. The number of rotatable bonds is 6. The maximum atomic E-state index is 12.5. The summed E-state index contributed by atoms with van der Waals surface area (Å²) in [6, 6.07) is 20.5. The Morgan fingerprint density at radius 2 is 1.77 bits per heavy atom. The molecule has 156 valence electrons. The lowest BCUT2D eigenvalue weighted by Gasteiger charge is -2.14. The maximum absolute atomic E-state index is 12.5. The molecule has 0 saturated carbocycles. The van der Waals surface area contributed by atoms with Crippen LogP contribution in [-0.2, 0) is 11.3 Å². The van der Waals surface area contributed by atoms with E-state index in [9.17, 15) is 14.4 Å². The molecule has 2 N–H and O–H groups in total. The number of hydrogen-bond acceptors (Lipinski definition) is 4. The van der Waals surface area contributed by atoms with Crippen LogP contribution < -0.4 is 16.3 Å². The van der Waals surface area contributed by atoms with Gasteiger partial charge in [-0.15, -0.1) is 5.10 Å². The Bertz CT molecular complexity index is 1290. The average Bonchev–Trinajstić information content (AvgIpc) is 3.10. The predicted molar refractivity (Wildman–Crippen MR) is 117 cm³/mol. The van der Waals surface area contributed by atoms with Crippen LogP contribution in [0.25, 0.3) is 5.65 Å². The van der Waals surface area contributed by atoms with Crippen molar-refractivity contribution in [2.75, 3.05) is 5.32 Å². The van der Waals surface area contributed by atoms with Crippen molar-refractivity contribution in [3.63, 3.8) is 0 Å². The topological polar surface area (TPSA) is 97.5 Å². The van der Waals surface area contributed by atoms with Crippen molar-refractivity contribution in [1.82, 2.24) is 19.5 Å². The first kappa shape index (κ1) is 20.1. The van der Waals surface area contributed by atoms with Gasteiger partial charge in [0.1, 0.15) is 6.04 Å². The fraction of sp³-hybridized carbons (Fsp3) is 0.130. The minimum Gasteiger partial charge on any atom is -0.341 e. The fourth-order valence-electron chi connectivity index (χ4n) is 3.18. The molecule has 4 aromatic rings. The van der Waals surface area contributed by atoms with Crippen molar-refractivity contribution < 1.29 is 9.59 Å².